The molecule has 2 rings (SSSR count). The average molecular weight is 326 g/mol. The normalized spacial score (nSPS) is 20.5. The summed E-state index contributed by atoms with van der Waals surface area (Å²) in [5.41, 5.74) is 0.650. The maximum Gasteiger partial charge on any atom is 0.525 e. The highest BCUT2D eigenvalue weighted by atomic mass is 35.5. The minimum atomic E-state index is -1.09. The van der Waals surface area contributed by atoms with Crippen molar-refractivity contribution in [2.75, 3.05) is 5.88 Å². The monoisotopic (exact) mass is 325 g/mol. The molecule has 22 heavy (non-hydrogen) atoms. The molecule has 0 radical (unpaired) electrons. The molecule has 2 N–H and O–H groups in total. The highest BCUT2D eigenvalue weighted by Gasteiger charge is 2.58. The zero-order valence-corrected chi connectivity index (χ0v) is 13.6. The summed E-state index contributed by atoms with van der Waals surface area (Å²) in [4.78, 5) is 27.7. The van der Waals surface area contributed by atoms with Gasteiger partial charge in [0, 0.05) is 6.07 Å². The van der Waals surface area contributed by atoms with Gasteiger partial charge >= 0.3 is 12.1 Å². The molecule has 1 aromatic rings. The highest BCUT2D eigenvalue weighted by Crippen LogP contribution is 2.47. The number of hydrogen-bond donors (Lipinski definition) is 2. The fraction of sp³-hybridized carbons (Fsp3) is 0.400. The summed E-state index contributed by atoms with van der Waals surface area (Å²) in [6.07, 6.45) is -1.09. The molecule has 118 valence electrons. The van der Waals surface area contributed by atoms with Crippen molar-refractivity contribution in [1.29, 1.82) is 0 Å². The molecule has 1 unspecified atom stereocenters. The average Bonchev–Trinajstić information content (AvgIpc) is 2.70. The molecule has 7 heteroatoms. The number of rotatable bonds is 2. The van der Waals surface area contributed by atoms with Gasteiger partial charge in [0.2, 0.25) is 5.84 Å². The number of aromatic carboxylic acids is 1. The summed E-state index contributed by atoms with van der Waals surface area (Å²) in [6.45, 7) is 7.01. The van der Waals surface area contributed by atoms with E-state index in [0.717, 1.165) is 0 Å². The van der Waals surface area contributed by atoms with Crippen molar-refractivity contribution in [3.63, 3.8) is 0 Å². The molecule has 0 saturated carbocycles. The van der Waals surface area contributed by atoms with Crippen LogP contribution in [-0.4, -0.2) is 39.5 Å². The number of carboxylic acids is 1. The first-order valence-corrected chi connectivity index (χ1v) is 7.26. The van der Waals surface area contributed by atoms with E-state index in [4.69, 9.17) is 11.6 Å². The van der Waals surface area contributed by atoms with Gasteiger partial charge in [-0.15, -0.1) is 16.1 Å². The van der Waals surface area contributed by atoms with Gasteiger partial charge in [-0.3, -0.25) is 0 Å². The first-order valence-electron chi connectivity index (χ1n) is 6.72. The summed E-state index contributed by atoms with van der Waals surface area (Å²) >= 11 is 5.95. The number of quaternary nitrogens is 1. The summed E-state index contributed by atoms with van der Waals surface area (Å²) in [6, 6.07) is 3.00. The number of fused-ring (bicyclic) bond motifs is 1. The number of carbonyl (C=O) groups is 2. The maximum atomic E-state index is 12.1. The summed E-state index contributed by atoms with van der Waals surface area (Å²) in [5.74, 6) is -0.850. The standard InChI is InChI=1S/C15H17ClN2O4/c1-8-5-11-10(6-9(8)13(19)20)17-12(7-16)18(11,14(21)22)15(2,3)4/h5-6H,7H2,1-4H3,(H-,19,20,21,22)/p+1. The lowest BCUT2D eigenvalue weighted by atomic mass is 9.98. The second kappa shape index (κ2) is 5.07. The Bertz CT molecular complexity index is 706. The van der Waals surface area contributed by atoms with Gasteiger partial charge in [-0.25, -0.2) is 4.79 Å². The van der Waals surface area contributed by atoms with E-state index in [0.29, 0.717) is 16.9 Å². The number of alkyl halides is 1. The fourth-order valence-electron chi connectivity index (χ4n) is 2.99. The molecule has 1 aliphatic heterocycles. The molecule has 1 heterocycles. The first-order chi connectivity index (χ1) is 10.1. The lowest BCUT2D eigenvalue weighted by Crippen LogP contribution is -2.67. The van der Waals surface area contributed by atoms with Gasteiger partial charge < -0.3 is 10.2 Å². The van der Waals surface area contributed by atoms with Crippen LogP contribution in [0.2, 0.25) is 0 Å². The molecule has 6 nitrogen and oxygen atoms in total. The smallest absolute Gasteiger partial charge is 0.478 e. The van der Waals surface area contributed by atoms with Crippen molar-refractivity contribution in [1.82, 2.24) is 4.48 Å². The third kappa shape index (κ3) is 2.02. The number of aliphatic imine (C=N–C) groups is 1. The third-order valence-corrected chi connectivity index (χ3v) is 4.20. The van der Waals surface area contributed by atoms with Crippen LogP contribution in [-0.2, 0) is 0 Å². The number of carboxylic acid groups (broad SMARTS) is 2. The van der Waals surface area contributed by atoms with Crippen molar-refractivity contribution in [2.24, 2.45) is 4.99 Å². The van der Waals surface area contributed by atoms with E-state index < -0.39 is 22.1 Å². The Morgan fingerprint density at radius 1 is 1.27 bits per heavy atom. The Morgan fingerprint density at radius 3 is 2.27 bits per heavy atom. The van der Waals surface area contributed by atoms with E-state index in [1.54, 1.807) is 33.8 Å². The van der Waals surface area contributed by atoms with Crippen LogP contribution in [0.1, 0.15) is 36.7 Å². The molecule has 0 saturated heterocycles. The van der Waals surface area contributed by atoms with Crippen LogP contribution in [0.5, 0.6) is 0 Å². The van der Waals surface area contributed by atoms with Crippen molar-refractivity contribution < 1.29 is 19.8 Å². The van der Waals surface area contributed by atoms with Crippen molar-refractivity contribution >= 4 is 40.9 Å². The Morgan fingerprint density at radius 2 is 1.86 bits per heavy atom. The van der Waals surface area contributed by atoms with Crippen molar-refractivity contribution in [3.05, 3.63) is 23.3 Å². The number of benzene rings is 1. The third-order valence-electron chi connectivity index (χ3n) is 3.96. The molecule has 1 aromatic carbocycles. The maximum absolute atomic E-state index is 12.1. The van der Waals surface area contributed by atoms with Crippen LogP contribution in [0.3, 0.4) is 0 Å². The second-order valence-electron chi connectivity index (χ2n) is 6.25. The number of amidine groups is 1. The van der Waals surface area contributed by atoms with Crippen LogP contribution in [0.15, 0.2) is 17.1 Å². The number of amides is 1. The SMILES string of the molecule is Cc1cc2c(cc1C(=O)O)N=C(CCl)[N+]2(C(=O)O)C(C)(C)C. The zero-order valence-electron chi connectivity index (χ0n) is 12.8. The molecule has 0 fully saturated rings. The number of aryl methyl sites for hydroxylation is 1. The van der Waals surface area contributed by atoms with E-state index in [1.165, 1.54) is 6.07 Å². The minimum Gasteiger partial charge on any atom is -0.478 e. The molecule has 1 atom stereocenters. The van der Waals surface area contributed by atoms with E-state index in [2.05, 4.69) is 4.99 Å². The molecular weight excluding hydrogens is 308 g/mol. The van der Waals surface area contributed by atoms with Crippen LogP contribution in [0, 0.1) is 6.92 Å². The Kier molecular flexibility index (Phi) is 3.79. The number of hydrogen-bond acceptors (Lipinski definition) is 3. The summed E-state index contributed by atoms with van der Waals surface area (Å²) in [7, 11) is 0. The van der Waals surface area contributed by atoms with Crippen LogP contribution in [0.25, 0.3) is 0 Å². The second-order valence-corrected chi connectivity index (χ2v) is 6.51. The summed E-state index contributed by atoms with van der Waals surface area (Å²) in [5, 5.41) is 19.2. The van der Waals surface area contributed by atoms with E-state index in [-0.39, 0.29) is 17.3 Å². The molecule has 0 aromatic heterocycles. The first kappa shape index (κ1) is 16.5. The van der Waals surface area contributed by atoms with Gasteiger partial charge in [-0.2, -0.15) is 9.79 Å². The number of nitrogens with zero attached hydrogens (tertiary/aromatic N) is 2. The van der Waals surface area contributed by atoms with Gasteiger partial charge in [0.15, 0.2) is 5.69 Å². The Hall–Kier alpha value is -1.92. The van der Waals surface area contributed by atoms with Gasteiger partial charge in [-0.1, -0.05) is 0 Å². The Labute approximate surface area is 133 Å². The molecule has 0 bridgehead atoms. The van der Waals surface area contributed by atoms with Crippen LogP contribution < -0.4 is 4.48 Å². The molecule has 0 aliphatic carbocycles. The van der Waals surface area contributed by atoms with Gasteiger partial charge in [0.25, 0.3) is 0 Å². The van der Waals surface area contributed by atoms with Gasteiger partial charge in [-0.05, 0) is 39.3 Å². The van der Waals surface area contributed by atoms with E-state index >= 15 is 0 Å². The van der Waals surface area contributed by atoms with E-state index in [1.807, 2.05) is 0 Å². The lowest BCUT2D eigenvalue weighted by Gasteiger charge is -2.39. The van der Waals surface area contributed by atoms with E-state index in [9.17, 15) is 19.8 Å². The largest absolute Gasteiger partial charge is 0.525 e. The molecule has 0 spiro atoms. The van der Waals surface area contributed by atoms with Crippen LogP contribution >= 0.6 is 11.6 Å². The zero-order chi connectivity index (χ0) is 16.9. The highest BCUT2D eigenvalue weighted by molar-refractivity contribution is 6.33. The summed E-state index contributed by atoms with van der Waals surface area (Å²) < 4.78 is -0.521. The van der Waals surface area contributed by atoms with Crippen molar-refractivity contribution in [2.45, 2.75) is 33.2 Å². The predicted octanol–water partition coefficient (Wildman–Crippen LogP) is 3.76. The topological polar surface area (TPSA) is 87.0 Å². The molecule has 1 amide bonds. The van der Waals surface area contributed by atoms with Crippen molar-refractivity contribution in [3.8, 4) is 0 Å². The minimum absolute atomic E-state index is 0.0559. The predicted molar refractivity (Wildman–Crippen MR) is 85.5 cm³/mol. The lowest BCUT2D eigenvalue weighted by molar-refractivity contribution is 0.0696. The molecule has 1 aliphatic rings. The van der Waals surface area contributed by atoms with Gasteiger partial charge in [0.05, 0.1) is 5.56 Å². The quantitative estimate of drug-likeness (QED) is 0.640. The van der Waals surface area contributed by atoms with Gasteiger partial charge in [0.1, 0.15) is 17.1 Å². The number of halogens is 1. The fourth-order valence-corrected chi connectivity index (χ4v) is 3.23. The molecular formula is C15H18ClN2O4+. The Balaban J connectivity index is 2.87. The van der Waals surface area contributed by atoms with Crippen LogP contribution in [0.4, 0.5) is 16.2 Å².